The van der Waals surface area contributed by atoms with Crippen LogP contribution in [0.3, 0.4) is 0 Å². The van der Waals surface area contributed by atoms with Crippen molar-refractivity contribution in [2.45, 2.75) is 0 Å². The third-order valence-electron chi connectivity index (χ3n) is 2.71. The van der Waals surface area contributed by atoms with Crippen LogP contribution >= 0.6 is 15.9 Å². The zero-order valence-electron chi connectivity index (χ0n) is 11.1. The van der Waals surface area contributed by atoms with E-state index < -0.39 is 0 Å². The van der Waals surface area contributed by atoms with Gasteiger partial charge < -0.3 is 20.8 Å². The molecule has 110 valence electrons. The van der Waals surface area contributed by atoms with Crippen LogP contribution < -0.4 is 16.4 Å². The monoisotopic (exact) mass is 351 g/mol. The van der Waals surface area contributed by atoms with E-state index in [4.69, 9.17) is 10.2 Å². The Morgan fingerprint density at radius 2 is 1.90 bits per heavy atom. The molecule has 4 N–H and O–H groups in total. The van der Waals surface area contributed by atoms with Crippen molar-refractivity contribution in [2.75, 3.05) is 18.4 Å². The molecule has 1 heterocycles. The number of anilines is 1. The molecule has 0 aliphatic carbocycles. The zero-order valence-corrected chi connectivity index (χ0v) is 12.6. The Kier molecular flexibility index (Phi) is 5.13. The lowest BCUT2D eigenvalue weighted by molar-refractivity contribution is 0.0955. The van der Waals surface area contributed by atoms with Crippen molar-refractivity contribution in [1.29, 1.82) is 0 Å². The minimum atomic E-state index is -0.366. The molecule has 0 radical (unpaired) electrons. The summed E-state index contributed by atoms with van der Waals surface area (Å²) in [4.78, 5) is 24.1. The highest BCUT2D eigenvalue weighted by atomic mass is 79.9. The number of carbonyl (C=O) groups is 2. The SMILES string of the molecule is NCCNC(=O)c1ccccc1NC(=O)c1ccoc1Br. The van der Waals surface area contributed by atoms with Gasteiger partial charge in [0.05, 0.1) is 23.1 Å². The van der Waals surface area contributed by atoms with Crippen molar-refractivity contribution < 1.29 is 14.0 Å². The Bertz CT molecular complexity index is 654. The molecular weight excluding hydrogens is 338 g/mol. The number of amides is 2. The van der Waals surface area contributed by atoms with Gasteiger partial charge in [-0.2, -0.15) is 0 Å². The van der Waals surface area contributed by atoms with E-state index in [0.29, 0.717) is 34.6 Å². The van der Waals surface area contributed by atoms with Crippen LogP contribution in [0.15, 0.2) is 45.7 Å². The van der Waals surface area contributed by atoms with Crippen LogP contribution in [0.1, 0.15) is 20.7 Å². The van der Waals surface area contributed by atoms with Gasteiger partial charge in [-0.1, -0.05) is 12.1 Å². The van der Waals surface area contributed by atoms with E-state index in [-0.39, 0.29) is 11.8 Å². The number of carbonyl (C=O) groups excluding carboxylic acids is 2. The van der Waals surface area contributed by atoms with E-state index in [1.54, 1.807) is 24.3 Å². The quantitative estimate of drug-likeness (QED) is 0.767. The fourth-order valence-corrected chi connectivity index (χ4v) is 2.14. The summed E-state index contributed by atoms with van der Waals surface area (Å²) in [6.07, 6.45) is 1.40. The summed E-state index contributed by atoms with van der Waals surface area (Å²) < 4.78 is 5.35. The first-order chi connectivity index (χ1) is 10.1. The fourth-order valence-electron chi connectivity index (χ4n) is 1.72. The van der Waals surface area contributed by atoms with Crippen LogP contribution in [-0.4, -0.2) is 24.9 Å². The van der Waals surface area contributed by atoms with Gasteiger partial charge in [-0.3, -0.25) is 9.59 Å². The molecule has 0 saturated carbocycles. The average molecular weight is 352 g/mol. The minimum Gasteiger partial charge on any atom is -0.457 e. The van der Waals surface area contributed by atoms with Crippen LogP contribution in [0.5, 0.6) is 0 Å². The molecule has 2 rings (SSSR count). The molecule has 0 aliphatic rings. The molecule has 0 unspecified atom stereocenters. The smallest absolute Gasteiger partial charge is 0.260 e. The van der Waals surface area contributed by atoms with Crippen LogP contribution in [-0.2, 0) is 0 Å². The van der Waals surface area contributed by atoms with E-state index in [1.807, 2.05) is 0 Å². The Morgan fingerprint density at radius 3 is 2.57 bits per heavy atom. The van der Waals surface area contributed by atoms with E-state index in [2.05, 4.69) is 26.6 Å². The molecule has 0 saturated heterocycles. The first-order valence-electron chi connectivity index (χ1n) is 6.25. The van der Waals surface area contributed by atoms with Crippen LogP contribution in [0, 0.1) is 0 Å². The summed E-state index contributed by atoms with van der Waals surface area (Å²) >= 11 is 3.14. The van der Waals surface area contributed by atoms with Crippen molar-refractivity contribution in [3.8, 4) is 0 Å². The molecule has 21 heavy (non-hydrogen) atoms. The molecule has 0 aliphatic heterocycles. The number of para-hydroxylation sites is 1. The van der Waals surface area contributed by atoms with Crippen molar-refractivity contribution in [3.05, 3.63) is 52.4 Å². The Labute approximate surface area is 129 Å². The number of furan rings is 1. The second-order valence-corrected chi connectivity index (χ2v) is 4.87. The summed E-state index contributed by atoms with van der Waals surface area (Å²) in [6, 6.07) is 8.28. The largest absolute Gasteiger partial charge is 0.457 e. The Balaban J connectivity index is 2.19. The van der Waals surface area contributed by atoms with Crippen molar-refractivity contribution in [1.82, 2.24) is 5.32 Å². The number of benzene rings is 1. The van der Waals surface area contributed by atoms with Gasteiger partial charge in [0.15, 0.2) is 4.67 Å². The topological polar surface area (TPSA) is 97.4 Å². The standard InChI is InChI=1S/C14H14BrN3O3/c15-12-10(5-8-21-12)14(20)18-11-4-2-1-3-9(11)13(19)17-7-6-16/h1-5,8H,6-7,16H2,(H,17,19)(H,18,20). The molecule has 1 aromatic carbocycles. The summed E-state index contributed by atoms with van der Waals surface area (Å²) in [5, 5.41) is 5.36. The number of halogens is 1. The first kappa shape index (κ1) is 15.3. The summed E-state index contributed by atoms with van der Waals surface area (Å²) in [7, 11) is 0. The van der Waals surface area contributed by atoms with E-state index in [0.717, 1.165) is 0 Å². The number of hydrogen-bond donors (Lipinski definition) is 3. The van der Waals surface area contributed by atoms with Gasteiger partial charge >= 0.3 is 0 Å². The molecule has 0 spiro atoms. The van der Waals surface area contributed by atoms with Gasteiger partial charge in [0, 0.05) is 13.1 Å². The number of hydrogen-bond acceptors (Lipinski definition) is 4. The lowest BCUT2D eigenvalue weighted by atomic mass is 10.1. The molecule has 6 nitrogen and oxygen atoms in total. The normalized spacial score (nSPS) is 10.2. The van der Waals surface area contributed by atoms with Gasteiger partial charge in [0.25, 0.3) is 11.8 Å². The third kappa shape index (κ3) is 3.71. The van der Waals surface area contributed by atoms with E-state index >= 15 is 0 Å². The van der Waals surface area contributed by atoms with Gasteiger partial charge in [0.1, 0.15) is 0 Å². The molecule has 0 atom stereocenters. The molecule has 7 heteroatoms. The predicted octanol–water partition coefficient (Wildman–Crippen LogP) is 1.98. The zero-order chi connectivity index (χ0) is 15.2. The summed E-state index contributed by atoms with van der Waals surface area (Å²) in [5.41, 5.74) is 6.50. The third-order valence-corrected chi connectivity index (χ3v) is 3.33. The second-order valence-electron chi connectivity index (χ2n) is 4.15. The molecule has 2 amide bonds. The van der Waals surface area contributed by atoms with Crippen molar-refractivity contribution in [3.63, 3.8) is 0 Å². The van der Waals surface area contributed by atoms with Gasteiger partial charge in [-0.25, -0.2) is 0 Å². The predicted molar refractivity (Wildman–Crippen MR) is 82.2 cm³/mol. The molecule has 2 aromatic rings. The van der Waals surface area contributed by atoms with Gasteiger partial charge in [0.2, 0.25) is 0 Å². The molecule has 1 aromatic heterocycles. The maximum Gasteiger partial charge on any atom is 0.260 e. The Hall–Kier alpha value is -2.12. The maximum atomic E-state index is 12.1. The summed E-state index contributed by atoms with van der Waals surface area (Å²) in [5.74, 6) is -0.655. The van der Waals surface area contributed by atoms with Crippen LogP contribution in [0.25, 0.3) is 0 Å². The maximum absolute atomic E-state index is 12.1. The second kappa shape index (κ2) is 7.05. The average Bonchev–Trinajstić information content (AvgIpc) is 2.91. The lowest BCUT2D eigenvalue weighted by Gasteiger charge is -2.10. The minimum absolute atomic E-state index is 0.289. The van der Waals surface area contributed by atoms with Crippen molar-refractivity contribution >= 4 is 33.4 Å². The van der Waals surface area contributed by atoms with E-state index in [9.17, 15) is 9.59 Å². The van der Waals surface area contributed by atoms with Gasteiger partial charge in [-0.15, -0.1) is 0 Å². The molecule has 0 fully saturated rings. The van der Waals surface area contributed by atoms with Crippen molar-refractivity contribution in [2.24, 2.45) is 5.73 Å². The number of rotatable bonds is 5. The highest BCUT2D eigenvalue weighted by Gasteiger charge is 2.16. The lowest BCUT2D eigenvalue weighted by Crippen LogP contribution is -2.30. The highest BCUT2D eigenvalue weighted by Crippen LogP contribution is 2.21. The fraction of sp³-hybridized carbons (Fsp3) is 0.143. The van der Waals surface area contributed by atoms with Crippen LogP contribution in [0.4, 0.5) is 5.69 Å². The van der Waals surface area contributed by atoms with E-state index in [1.165, 1.54) is 12.3 Å². The highest BCUT2D eigenvalue weighted by molar-refractivity contribution is 9.10. The Morgan fingerprint density at radius 1 is 1.14 bits per heavy atom. The number of nitrogens with two attached hydrogens (primary N) is 1. The summed E-state index contributed by atoms with van der Waals surface area (Å²) in [6.45, 7) is 0.719. The number of nitrogens with one attached hydrogen (secondary N) is 2. The van der Waals surface area contributed by atoms with Gasteiger partial charge in [-0.05, 0) is 34.1 Å². The first-order valence-corrected chi connectivity index (χ1v) is 7.04. The molecular formula is C14H14BrN3O3. The molecule has 0 bridgehead atoms. The van der Waals surface area contributed by atoms with Crippen LogP contribution in [0.2, 0.25) is 0 Å².